The molecule has 122 valence electrons. The van der Waals surface area contributed by atoms with Crippen molar-refractivity contribution in [3.05, 3.63) is 5.01 Å². The van der Waals surface area contributed by atoms with Crippen LogP contribution < -0.4 is 10.6 Å². The summed E-state index contributed by atoms with van der Waals surface area (Å²) in [6.45, 7) is 4.87. The van der Waals surface area contributed by atoms with Crippen LogP contribution in [0.25, 0.3) is 0 Å². The minimum atomic E-state index is -0.160. The van der Waals surface area contributed by atoms with Crippen LogP contribution in [-0.2, 0) is 4.79 Å². The Kier molecular flexibility index (Phi) is 5.04. The van der Waals surface area contributed by atoms with Gasteiger partial charge in [-0.15, -0.1) is 10.2 Å². The van der Waals surface area contributed by atoms with Crippen molar-refractivity contribution in [2.45, 2.75) is 62.4 Å². The van der Waals surface area contributed by atoms with Crippen LogP contribution in [-0.4, -0.2) is 40.5 Å². The molecule has 1 amide bonds. The smallest absolute Gasteiger partial charge is 0.227 e. The fourth-order valence-electron chi connectivity index (χ4n) is 3.75. The van der Waals surface area contributed by atoms with Gasteiger partial charge in [0.25, 0.3) is 0 Å². The number of carbonyl (C=O) groups excluding carboxylic acids is 1. The molecule has 2 saturated heterocycles. The van der Waals surface area contributed by atoms with Crippen LogP contribution in [0.15, 0.2) is 4.34 Å². The van der Waals surface area contributed by atoms with Crippen molar-refractivity contribution >= 4 is 29.0 Å². The highest BCUT2D eigenvalue weighted by atomic mass is 32.2. The highest BCUT2D eigenvalue weighted by Crippen LogP contribution is 2.45. The van der Waals surface area contributed by atoms with Gasteiger partial charge in [-0.2, -0.15) is 0 Å². The van der Waals surface area contributed by atoms with Crippen LogP contribution in [0, 0.1) is 12.3 Å². The molecule has 3 rings (SSSR count). The number of hydrogen-bond acceptors (Lipinski definition) is 6. The van der Waals surface area contributed by atoms with Gasteiger partial charge < -0.3 is 10.6 Å². The summed E-state index contributed by atoms with van der Waals surface area (Å²) in [6, 6.07) is 0.952. The summed E-state index contributed by atoms with van der Waals surface area (Å²) < 4.78 is 1.02. The molecular weight excluding hydrogens is 316 g/mol. The van der Waals surface area contributed by atoms with Gasteiger partial charge in [-0.3, -0.25) is 4.79 Å². The van der Waals surface area contributed by atoms with Crippen LogP contribution in [0.2, 0.25) is 0 Å². The van der Waals surface area contributed by atoms with E-state index in [0.29, 0.717) is 12.1 Å². The summed E-state index contributed by atoms with van der Waals surface area (Å²) in [6.07, 6.45) is 5.30. The molecule has 2 bridgehead atoms. The average Bonchev–Trinajstić information content (AvgIpc) is 3.22. The van der Waals surface area contributed by atoms with Gasteiger partial charge in [-0.25, -0.2) is 0 Å². The monoisotopic (exact) mass is 340 g/mol. The van der Waals surface area contributed by atoms with Crippen LogP contribution in [0.5, 0.6) is 0 Å². The molecule has 3 heterocycles. The number of nitrogens with one attached hydrogen (secondary N) is 2. The molecule has 0 unspecified atom stereocenters. The molecule has 1 aromatic rings. The lowest BCUT2D eigenvalue weighted by Crippen LogP contribution is -2.48. The van der Waals surface area contributed by atoms with Crippen molar-refractivity contribution in [2.75, 3.05) is 12.3 Å². The fourth-order valence-corrected chi connectivity index (χ4v) is 5.57. The van der Waals surface area contributed by atoms with Crippen LogP contribution in [0.3, 0.4) is 0 Å². The van der Waals surface area contributed by atoms with E-state index in [1.165, 1.54) is 6.42 Å². The highest BCUT2D eigenvalue weighted by molar-refractivity contribution is 8.01. The maximum absolute atomic E-state index is 12.6. The molecule has 2 N–H and O–H groups in total. The van der Waals surface area contributed by atoms with E-state index >= 15 is 0 Å². The number of aromatic nitrogens is 2. The Hall–Kier alpha value is -0.660. The number of carbonyl (C=O) groups is 1. The first kappa shape index (κ1) is 16.2. The molecule has 0 aliphatic carbocycles. The van der Waals surface area contributed by atoms with E-state index < -0.39 is 0 Å². The van der Waals surface area contributed by atoms with Crippen molar-refractivity contribution in [3.63, 3.8) is 0 Å². The standard InChI is InChI=1S/C15H24N4OS2/c1-3-15(9-11-5-6-12(15)17-11)13(20)16-7-4-8-21-14-19-18-10(2)22-14/h11-12,17H,3-9H2,1-2H3,(H,16,20)/t11-,12+,15+/m0/s1. The second kappa shape index (κ2) is 6.84. The quantitative estimate of drug-likeness (QED) is 0.589. The molecule has 5 nitrogen and oxygen atoms in total. The summed E-state index contributed by atoms with van der Waals surface area (Å²) in [5, 5.41) is 15.9. The fraction of sp³-hybridized carbons (Fsp3) is 0.800. The van der Waals surface area contributed by atoms with E-state index in [1.807, 2.05) is 6.92 Å². The van der Waals surface area contributed by atoms with Crippen LogP contribution in [0.4, 0.5) is 0 Å². The number of amides is 1. The zero-order valence-corrected chi connectivity index (χ0v) is 14.9. The summed E-state index contributed by atoms with van der Waals surface area (Å²) in [5.74, 6) is 1.23. The van der Waals surface area contributed by atoms with E-state index in [1.54, 1.807) is 23.1 Å². The molecule has 0 saturated carbocycles. The average molecular weight is 341 g/mol. The van der Waals surface area contributed by atoms with E-state index in [2.05, 4.69) is 27.8 Å². The number of hydrogen-bond donors (Lipinski definition) is 2. The summed E-state index contributed by atoms with van der Waals surface area (Å²) in [5.41, 5.74) is -0.160. The van der Waals surface area contributed by atoms with Gasteiger partial charge in [-0.05, 0) is 39.0 Å². The van der Waals surface area contributed by atoms with Gasteiger partial charge in [0.2, 0.25) is 5.91 Å². The topological polar surface area (TPSA) is 66.9 Å². The Morgan fingerprint density at radius 1 is 1.50 bits per heavy atom. The number of thioether (sulfide) groups is 1. The van der Waals surface area contributed by atoms with Gasteiger partial charge in [0.1, 0.15) is 5.01 Å². The van der Waals surface area contributed by atoms with Crippen molar-refractivity contribution < 1.29 is 4.79 Å². The molecule has 2 fully saturated rings. The second-order valence-corrected chi connectivity index (χ2v) is 8.78. The molecule has 0 radical (unpaired) electrons. The first-order chi connectivity index (χ1) is 10.6. The molecule has 0 spiro atoms. The summed E-state index contributed by atoms with van der Waals surface area (Å²) in [4.78, 5) is 12.6. The third kappa shape index (κ3) is 3.16. The number of fused-ring (bicyclic) bond motifs is 2. The SMILES string of the molecule is CC[C@@]1(C(=O)NCCCSc2nnc(C)s2)C[C@@H]2CC[C@H]1N2. The van der Waals surface area contributed by atoms with E-state index in [4.69, 9.17) is 0 Å². The normalized spacial score (nSPS) is 29.9. The van der Waals surface area contributed by atoms with Crippen LogP contribution in [0.1, 0.15) is 44.0 Å². The lowest BCUT2D eigenvalue weighted by atomic mass is 9.71. The van der Waals surface area contributed by atoms with E-state index in [-0.39, 0.29) is 11.3 Å². The molecule has 22 heavy (non-hydrogen) atoms. The third-order valence-electron chi connectivity index (χ3n) is 4.94. The minimum Gasteiger partial charge on any atom is -0.356 e. The Balaban J connectivity index is 1.40. The largest absolute Gasteiger partial charge is 0.356 e. The number of nitrogens with zero attached hydrogens (tertiary/aromatic N) is 2. The third-order valence-corrected chi connectivity index (χ3v) is 7.00. The van der Waals surface area contributed by atoms with Crippen molar-refractivity contribution in [1.29, 1.82) is 0 Å². The zero-order valence-electron chi connectivity index (χ0n) is 13.2. The Morgan fingerprint density at radius 2 is 2.36 bits per heavy atom. The van der Waals surface area contributed by atoms with Gasteiger partial charge >= 0.3 is 0 Å². The van der Waals surface area contributed by atoms with Crippen molar-refractivity contribution in [2.24, 2.45) is 5.41 Å². The number of aryl methyl sites for hydroxylation is 1. The van der Waals surface area contributed by atoms with Gasteiger partial charge in [0, 0.05) is 24.4 Å². The Labute approximate surface area is 140 Å². The van der Waals surface area contributed by atoms with Crippen molar-refractivity contribution in [3.8, 4) is 0 Å². The first-order valence-corrected chi connectivity index (χ1v) is 9.91. The second-order valence-electron chi connectivity index (χ2n) is 6.25. The predicted octanol–water partition coefficient (Wildman–Crippen LogP) is 2.37. The van der Waals surface area contributed by atoms with Gasteiger partial charge in [0.15, 0.2) is 4.34 Å². The number of rotatable bonds is 7. The summed E-state index contributed by atoms with van der Waals surface area (Å²) >= 11 is 3.35. The molecule has 3 atom stereocenters. The summed E-state index contributed by atoms with van der Waals surface area (Å²) in [7, 11) is 0. The first-order valence-electron chi connectivity index (χ1n) is 8.11. The van der Waals surface area contributed by atoms with E-state index in [0.717, 1.165) is 47.3 Å². The van der Waals surface area contributed by atoms with Gasteiger partial charge in [0.05, 0.1) is 5.41 Å². The minimum absolute atomic E-state index is 0.160. The Morgan fingerprint density at radius 3 is 2.95 bits per heavy atom. The van der Waals surface area contributed by atoms with Crippen LogP contribution >= 0.6 is 23.1 Å². The molecule has 1 aromatic heterocycles. The zero-order chi connectivity index (χ0) is 15.6. The maximum Gasteiger partial charge on any atom is 0.227 e. The molecule has 2 aliphatic heterocycles. The highest BCUT2D eigenvalue weighted by Gasteiger charge is 2.54. The lowest BCUT2D eigenvalue weighted by molar-refractivity contribution is -0.132. The predicted molar refractivity (Wildman–Crippen MR) is 90.3 cm³/mol. The Bertz CT molecular complexity index is 535. The van der Waals surface area contributed by atoms with Gasteiger partial charge in [-0.1, -0.05) is 30.0 Å². The van der Waals surface area contributed by atoms with E-state index in [9.17, 15) is 4.79 Å². The molecular formula is C15H24N4OS2. The molecule has 0 aromatic carbocycles. The lowest BCUT2D eigenvalue weighted by Gasteiger charge is -2.34. The maximum atomic E-state index is 12.6. The molecule has 2 aliphatic rings. The van der Waals surface area contributed by atoms with Crippen molar-refractivity contribution in [1.82, 2.24) is 20.8 Å². The molecule has 7 heteroatoms.